The SMILES string of the molecule is COc1cc(/C=C/C(=O)N2CCN(c3cc(N(C)C)nc(C)n3)CC2)cc(OC)c1OC. The number of carbonyl (C=O) groups is 1. The third-order valence-electron chi connectivity index (χ3n) is 5.29. The predicted molar refractivity (Wildman–Crippen MR) is 125 cm³/mol. The third kappa shape index (κ3) is 5.22. The van der Waals surface area contributed by atoms with Gasteiger partial charge >= 0.3 is 0 Å². The monoisotopic (exact) mass is 441 g/mol. The van der Waals surface area contributed by atoms with Crippen molar-refractivity contribution in [2.45, 2.75) is 6.92 Å². The number of anilines is 2. The van der Waals surface area contributed by atoms with E-state index >= 15 is 0 Å². The van der Waals surface area contributed by atoms with Gasteiger partial charge in [0.25, 0.3) is 0 Å². The van der Waals surface area contributed by atoms with Crippen LogP contribution in [0.2, 0.25) is 0 Å². The van der Waals surface area contributed by atoms with E-state index in [2.05, 4.69) is 14.9 Å². The summed E-state index contributed by atoms with van der Waals surface area (Å²) in [6.45, 7) is 4.57. The van der Waals surface area contributed by atoms with E-state index in [4.69, 9.17) is 14.2 Å². The second-order valence-electron chi connectivity index (χ2n) is 7.63. The second-order valence-corrected chi connectivity index (χ2v) is 7.63. The average molecular weight is 442 g/mol. The number of hydrogen-bond acceptors (Lipinski definition) is 8. The number of benzene rings is 1. The largest absolute Gasteiger partial charge is 0.493 e. The van der Waals surface area contributed by atoms with Crippen LogP contribution in [0.25, 0.3) is 6.08 Å². The third-order valence-corrected chi connectivity index (χ3v) is 5.29. The first kappa shape index (κ1) is 23.2. The minimum absolute atomic E-state index is 0.0359. The molecule has 0 saturated carbocycles. The number of ether oxygens (including phenoxy) is 3. The van der Waals surface area contributed by atoms with Gasteiger partial charge < -0.3 is 28.9 Å². The van der Waals surface area contributed by atoms with Crippen LogP contribution in [0.3, 0.4) is 0 Å². The van der Waals surface area contributed by atoms with Gasteiger partial charge in [-0.25, -0.2) is 9.97 Å². The Balaban J connectivity index is 1.66. The minimum atomic E-state index is -0.0359. The molecule has 0 spiro atoms. The molecule has 1 saturated heterocycles. The molecule has 2 aromatic rings. The van der Waals surface area contributed by atoms with Gasteiger partial charge in [0.15, 0.2) is 11.5 Å². The van der Waals surface area contributed by atoms with Crippen molar-refractivity contribution in [3.8, 4) is 17.2 Å². The van der Waals surface area contributed by atoms with E-state index in [1.807, 2.05) is 49.0 Å². The van der Waals surface area contributed by atoms with Crippen molar-refractivity contribution in [2.24, 2.45) is 0 Å². The van der Waals surface area contributed by atoms with Crippen LogP contribution in [-0.2, 0) is 4.79 Å². The number of aryl methyl sites for hydroxylation is 1. The summed E-state index contributed by atoms with van der Waals surface area (Å²) >= 11 is 0. The van der Waals surface area contributed by atoms with Gasteiger partial charge in [0.1, 0.15) is 17.5 Å². The molecule has 2 heterocycles. The number of rotatable bonds is 7. The van der Waals surface area contributed by atoms with Crippen LogP contribution < -0.4 is 24.0 Å². The molecule has 1 aliphatic heterocycles. The van der Waals surface area contributed by atoms with E-state index in [9.17, 15) is 4.79 Å². The van der Waals surface area contributed by atoms with Crippen LogP contribution in [0.5, 0.6) is 17.2 Å². The Hall–Kier alpha value is -3.49. The van der Waals surface area contributed by atoms with E-state index in [1.165, 1.54) is 0 Å². The number of hydrogen-bond donors (Lipinski definition) is 0. The van der Waals surface area contributed by atoms with Gasteiger partial charge in [0.05, 0.1) is 21.3 Å². The standard InChI is InChI=1S/C23H31N5O4/c1-16-24-20(26(2)3)15-21(25-16)27-9-11-28(12-10-27)22(29)8-7-17-13-18(30-4)23(32-6)19(14-17)31-5/h7-8,13-15H,9-12H2,1-6H3/b8-7+. The predicted octanol–water partition coefficient (Wildman–Crippen LogP) is 2.24. The molecule has 3 rings (SSSR count). The Bertz CT molecular complexity index is 959. The lowest BCUT2D eigenvalue weighted by Crippen LogP contribution is -2.48. The molecule has 0 unspecified atom stereocenters. The summed E-state index contributed by atoms with van der Waals surface area (Å²) < 4.78 is 16.1. The Kier molecular flexibility index (Phi) is 7.40. The second kappa shape index (κ2) is 10.2. The molecule has 1 aromatic carbocycles. The lowest BCUT2D eigenvalue weighted by atomic mass is 10.1. The first-order chi connectivity index (χ1) is 15.4. The fraction of sp³-hybridized carbons (Fsp3) is 0.435. The van der Waals surface area contributed by atoms with Crippen LogP contribution in [0.4, 0.5) is 11.6 Å². The van der Waals surface area contributed by atoms with Crippen LogP contribution in [0.1, 0.15) is 11.4 Å². The van der Waals surface area contributed by atoms with Crippen LogP contribution in [0.15, 0.2) is 24.3 Å². The molecule has 172 valence electrons. The number of carbonyl (C=O) groups excluding carboxylic acids is 1. The molecule has 0 radical (unpaired) electrons. The molecular weight excluding hydrogens is 410 g/mol. The summed E-state index contributed by atoms with van der Waals surface area (Å²) in [5.74, 6) is 4.08. The zero-order valence-corrected chi connectivity index (χ0v) is 19.6. The number of aromatic nitrogens is 2. The highest BCUT2D eigenvalue weighted by Crippen LogP contribution is 2.38. The van der Waals surface area contributed by atoms with E-state index in [1.54, 1.807) is 33.5 Å². The lowest BCUT2D eigenvalue weighted by Gasteiger charge is -2.35. The van der Waals surface area contributed by atoms with Crippen molar-refractivity contribution >= 4 is 23.6 Å². The minimum Gasteiger partial charge on any atom is -0.493 e. The molecule has 0 aliphatic carbocycles. The van der Waals surface area contributed by atoms with Crippen molar-refractivity contribution in [3.05, 3.63) is 35.7 Å². The molecule has 9 nitrogen and oxygen atoms in total. The summed E-state index contributed by atoms with van der Waals surface area (Å²) in [4.78, 5) is 27.8. The molecule has 9 heteroatoms. The van der Waals surface area contributed by atoms with E-state index in [-0.39, 0.29) is 5.91 Å². The average Bonchev–Trinajstić information content (AvgIpc) is 2.81. The van der Waals surface area contributed by atoms with Crippen molar-refractivity contribution in [3.63, 3.8) is 0 Å². The molecule has 0 atom stereocenters. The van der Waals surface area contributed by atoms with Gasteiger partial charge in [-0.1, -0.05) is 0 Å². The molecule has 1 amide bonds. The van der Waals surface area contributed by atoms with Crippen molar-refractivity contribution in [1.29, 1.82) is 0 Å². The molecule has 0 bridgehead atoms. The fourth-order valence-electron chi connectivity index (χ4n) is 3.55. The number of amides is 1. The van der Waals surface area contributed by atoms with Crippen molar-refractivity contribution in [2.75, 3.05) is 71.4 Å². The highest BCUT2D eigenvalue weighted by atomic mass is 16.5. The summed E-state index contributed by atoms with van der Waals surface area (Å²) in [7, 11) is 8.61. The number of methoxy groups -OCH3 is 3. The van der Waals surface area contributed by atoms with Crippen LogP contribution >= 0.6 is 0 Å². The first-order valence-electron chi connectivity index (χ1n) is 10.4. The van der Waals surface area contributed by atoms with Gasteiger partial charge in [-0.3, -0.25) is 4.79 Å². The quantitative estimate of drug-likeness (QED) is 0.606. The molecule has 32 heavy (non-hydrogen) atoms. The molecule has 1 fully saturated rings. The summed E-state index contributed by atoms with van der Waals surface area (Å²) in [5.41, 5.74) is 0.791. The van der Waals surface area contributed by atoms with Crippen molar-refractivity contribution < 1.29 is 19.0 Å². The Morgan fingerprint density at radius 2 is 1.59 bits per heavy atom. The van der Waals surface area contributed by atoms with Gasteiger partial charge in [-0.05, 0) is 30.7 Å². The van der Waals surface area contributed by atoms with Crippen LogP contribution in [0, 0.1) is 6.92 Å². The van der Waals surface area contributed by atoms with Gasteiger partial charge in [-0.2, -0.15) is 0 Å². The van der Waals surface area contributed by atoms with E-state index in [0.29, 0.717) is 43.4 Å². The maximum atomic E-state index is 12.7. The van der Waals surface area contributed by atoms with Gasteiger partial charge in [0, 0.05) is 52.4 Å². The maximum absolute atomic E-state index is 12.7. The zero-order valence-electron chi connectivity index (χ0n) is 19.6. The zero-order chi connectivity index (χ0) is 23.3. The molecular formula is C23H31N5O4. The van der Waals surface area contributed by atoms with Crippen LogP contribution in [-0.4, -0.2) is 82.4 Å². The maximum Gasteiger partial charge on any atom is 0.246 e. The number of piperazine rings is 1. The fourth-order valence-corrected chi connectivity index (χ4v) is 3.55. The molecule has 1 aliphatic rings. The highest BCUT2D eigenvalue weighted by Gasteiger charge is 2.21. The number of nitrogens with zero attached hydrogens (tertiary/aromatic N) is 5. The smallest absolute Gasteiger partial charge is 0.246 e. The normalized spacial score (nSPS) is 13.9. The first-order valence-corrected chi connectivity index (χ1v) is 10.4. The topological polar surface area (TPSA) is 80.3 Å². The van der Waals surface area contributed by atoms with Gasteiger partial charge in [0.2, 0.25) is 11.7 Å². The Morgan fingerprint density at radius 1 is 0.969 bits per heavy atom. The summed E-state index contributed by atoms with van der Waals surface area (Å²) in [6, 6.07) is 5.60. The van der Waals surface area contributed by atoms with Crippen molar-refractivity contribution in [1.82, 2.24) is 14.9 Å². The lowest BCUT2D eigenvalue weighted by molar-refractivity contribution is -0.126. The Morgan fingerprint density at radius 3 is 2.12 bits per heavy atom. The summed E-state index contributed by atoms with van der Waals surface area (Å²) in [5, 5.41) is 0. The molecule has 1 aromatic heterocycles. The molecule has 0 N–H and O–H groups in total. The van der Waals surface area contributed by atoms with Gasteiger partial charge in [-0.15, -0.1) is 0 Å². The van der Waals surface area contributed by atoms with E-state index < -0.39 is 0 Å². The highest BCUT2D eigenvalue weighted by molar-refractivity contribution is 5.92. The van der Waals surface area contributed by atoms with E-state index in [0.717, 1.165) is 23.0 Å². The summed E-state index contributed by atoms with van der Waals surface area (Å²) in [6.07, 6.45) is 3.34. The Labute approximate surface area is 189 Å².